The number of likely N-dealkylation sites (tertiary alicyclic amines) is 1. The number of phenolic OH excluding ortho intramolecular Hbond substituents is 1. The van der Waals surface area contributed by atoms with Crippen LogP contribution in [0, 0.1) is 5.82 Å². The first-order valence-electron chi connectivity index (χ1n) is 11.3. The van der Waals surface area contributed by atoms with Gasteiger partial charge < -0.3 is 5.11 Å². The van der Waals surface area contributed by atoms with Crippen LogP contribution in [0.5, 0.6) is 5.75 Å². The molecule has 7 nitrogen and oxygen atoms in total. The van der Waals surface area contributed by atoms with E-state index in [-0.39, 0.29) is 35.5 Å². The number of phenols is 1. The summed E-state index contributed by atoms with van der Waals surface area (Å²) in [4.78, 5) is 28.0. The van der Waals surface area contributed by atoms with Crippen LogP contribution in [0.25, 0.3) is 0 Å². The molecule has 1 heterocycles. The lowest BCUT2D eigenvalue weighted by Gasteiger charge is -2.16. The maximum absolute atomic E-state index is 13.5. The Morgan fingerprint density at radius 1 is 0.889 bits per heavy atom. The molecule has 0 spiro atoms. The number of hydrogen-bond acceptors (Lipinski definition) is 5. The number of carbonyl (C=O) groups excluding carboxylic acids is 2. The summed E-state index contributed by atoms with van der Waals surface area (Å²) in [5.74, 6) is -2.81. The number of carbonyl (C=O) groups is 2. The fraction of sp³-hybridized carbons (Fsp3) is 0.231. The minimum atomic E-state index is -3.68. The van der Waals surface area contributed by atoms with Gasteiger partial charge in [0, 0.05) is 17.6 Å². The Bertz CT molecular complexity index is 1300. The van der Waals surface area contributed by atoms with Gasteiger partial charge >= 0.3 is 0 Å². The first kappa shape index (κ1) is 26.0. The lowest BCUT2D eigenvalue weighted by molar-refractivity contribution is -0.139. The van der Waals surface area contributed by atoms with Gasteiger partial charge in [0.1, 0.15) is 11.6 Å². The third kappa shape index (κ3) is 5.66. The van der Waals surface area contributed by atoms with Crippen molar-refractivity contribution in [1.29, 1.82) is 0 Å². The second-order valence-corrected chi connectivity index (χ2v) is 11.2. The van der Waals surface area contributed by atoms with Gasteiger partial charge in [-0.3, -0.25) is 14.5 Å². The van der Waals surface area contributed by atoms with Crippen molar-refractivity contribution in [3.63, 3.8) is 0 Å². The van der Waals surface area contributed by atoms with Gasteiger partial charge in [-0.1, -0.05) is 46.3 Å². The number of nitrogens with zero attached hydrogens (tertiary/aromatic N) is 1. The highest BCUT2D eigenvalue weighted by atomic mass is 79.9. The molecule has 188 valence electrons. The number of imide groups is 1. The zero-order valence-corrected chi connectivity index (χ0v) is 21.5. The smallest absolute Gasteiger partial charge is 0.240 e. The minimum Gasteiger partial charge on any atom is -0.508 e. The molecule has 0 aromatic heterocycles. The normalized spacial score (nSPS) is 18.1. The van der Waals surface area contributed by atoms with E-state index in [9.17, 15) is 27.5 Å². The Morgan fingerprint density at radius 3 is 2.06 bits per heavy atom. The van der Waals surface area contributed by atoms with Crippen LogP contribution in [0.2, 0.25) is 0 Å². The standard InChI is InChI=1S/C26H24BrFN2O5S/c27-19-4-3-5-22(16-19)36(34,35)29-14-1-2-15-30-25(32)23(17-6-10-20(28)11-7-17)24(26(30)33)18-8-12-21(31)13-9-18/h3-13,16,23-24,29,31H,1-2,14-15H2. The van der Waals surface area contributed by atoms with Crippen LogP contribution in [0.15, 0.2) is 82.2 Å². The van der Waals surface area contributed by atoms with Crippen LogP contribution in [0.4, 0.5) is 4.39 Å². The van der Waals surface area contributed by atoms with Crippen molar-refractivity contribution >= 4 is 37.8 Å². The number of unbranched alkanes of at least 4 members (excludes halogenated alkanes) is 1. The predicted octanol–water partition coefficient (Wildman–Crippen LogP) is 4.29. The zero-order valence-electron chi connectivity index (χ0n) is 19.1. The van der Waals surface area contributed by atoms with Crippen molar-refractivity contribution in [2.24, 2.45) is 0 Å². The van der Waals surface area contributed by atoms with E-state index in [0.717, 1.165) is 0 Å². The molecule has 2 unspecified atom stereocenters. The quantitative estimate of drug-likeness (QED) is 0.293. The van der Waals surface area contributed by atoms with Crippen molar-refractivity contribution in [1.82, 2.24) is 9.62 Å². The minimum absolute atomic E-state index is 0.0380. The third-order valence-electron chi connectivity index (χ3n) is 6.09. The van der Waals surface area contributed by atoms with E-state index in [2.05, 4.69) is 20.7 Å². The molecular weight excluding hydrogens is 551 g/mol. The lowest BCUT2D eigenvalue weighted by Crippen LogP contribution is -2.32. The molecule has 0 radical (unpaired) electrons. The molecule has 2 atom stereocenters. The van der Waals surface area contributed by atoms with Gasteiger partial charge in [-0.2, -0.15) is 0 Å². The number of benzene rings is 3. The summed E-state index contributed by atoms with van der Waals surface area (Å²) in [5.41, 5.74) is 1.10. The van der Waals surface area contributed by atoms with Gasteiger partial charge in [0.15, 0.2) is 0 Å². The molecule has 0 bridgehead atoms. The summed E-state index contributed by atoms with van der Waals surface area (Å²) in [6.45, 7) is 0.274. The lowest BCUT2D eigenvalue weighted by atomic mass is 9.83. The Balaban J connectivity index is 1.44. The highest BCUT2D eigenvalue weighted by molar-refractivity contribution is 9.10. The molecule has 0 aliphatic carbocycles. The number of rotatable bonds is 9. The summed E-state index contributed by atoms with van der Waals surface area (Å²) >= 11 is 3.25. The average Bonchev–Trinajstić information content (AvgIpc) is 3.09. The van der Waals surface area contributed by atoms with Gasteiger partial charge in [0.25, 0.3) is 0 Å². The summed E-state index contributed by atoms with van der Waals surface area (Å²) in [7, 11) is -3.68. The van der Waals surface area contributed by atoms with Crippen LogP contribution >= 0.6 is 15.9 Å². The van der Waals surface area contributed by atoms with E-state index in [1.54, 1.807) is 24.3 Å². The first-order valence-corrected chi connectivity index (χ1v) is 13.6. The summed E-state index contributed by atoms with van der Waals surface area (Å²) in [6, 6.07) is 18.0. The van der Waals surface area contributed by atoms with E-state index >= 15 is 0 Å². The Labute approximate surface area is 217 Å². The molecule has 10 heteroatoms. The van der Waals surface area contributed by atoms with Crippen LogP contribution in [-0.2, 0) is 19.6 Å². The molecule has 3 aromatic rings. The fourth-order valence-corrected chi connectivity index (χ4v) is 5.96. The van der Waals surface area contributed by atoms with E-state index in [1.165, 1.54) is 53.4 Å². The Morgan fingerprint density at radius 2 is 1.47 bits per heavy atom. The molecule has 2 N–H and O–H groups in total. The molecule has 1 fully saturated rings. The van der Waals surface area contributed by atoms with E-state index in [1.807, 2.05) is 0 Å². The number of hydrogen-bond donors (Lipinski definition) is 2. The average molecular weight is 575 g/mol. The van der Waals surface area contributed by atoms with Gasteiger partial charge in [-0.15, -0.1) is 0 Å². The van der Waals surface area contributed by atoms with Crippen LogP contribution in [0.3, 0.4) is 0 Å². The van der Waals surface area contributed by atoms with Gasteiger partial charge in [0.2, 0.25) is 21.8 Å². The van der Waals surface area contributed by atoms with Crippen molar-refractivity contribution in [3.8, 4) is 5.75 Å². The van der Waals surface area contributed by atoms with Crippen molar-refractivity contribution in [2.75, 3.05) is 13.1 Å². The van der Waals surface area contributed by atoms with E-state index in [0.29, 0.717) is 28.4 Å². The first-order chi connectivity index (χ1) is 17.2. The van der Waals surface area contributed by atoms with Crippen molar-refractivity contribution < 1.29 is 27.5 Å². The van der Waals surface area contributed by atoms with Crippen LogP contribution < -0.4 is 4.72 Å². The zero-order chi connectivity index (χ0) is 25.9. The molecule has 0 saturated carbocycles. The number of sulfonamides is 1. The summed E-state index contributed by atoms with van der Waals surface area (Å²) in [5, 5.41) is 9.64. The highest BCUT2D eigenvalue weighted by Crippen LogP contribution is 2.42. The van der Waals surface area contributed by atoms with Crippen molar-refractivity contribution in [2.45, 2.75) is 29.6 Å². The van der Waals surface area contributed by atoms with E-state index < -0.39 is 27.7 Å². The van der Waals surface area contributed by atoms with Gasteiger partial charge in [-0.05, 0) is 66.4 Å². The molecule has 1 aliphatic rings. The second-order valence-electron chi connectivity index (χ2n) is 8.49. The molecular formula is C26H24BrFN2O5S. The van der Waals surface area contributed by atoms with E-state index in [4.69, 9.17) is 0 Å². The molecule has 4 rings (SSSR count). The topological polar surface area (TPSA) is 104 Å². The third-order valence-corrected chi connectivity index (χ3v) is 8.04. The maximum Gasteiger partial charge on any atom is 0.240 e. The molecule has 1 aliphatic heterocycles. The van der Waals surface area contributed by atoms with Gasteiger partial charge in [0.05, 0.1) is 16.7 Å². The SMILES string of the molecule is O=C1C(c2ccc(O)cc2)C(c2ccc(F)cc2)C(=O)N1CCCCNS(=O)(=O)c1cccc(Br)c1. The number of aromatic hydroxyl groups is 1. The Hall–Kier alpha value is -3.08. The van der Waals surface area contributed by atoms with Crippen LogP contribution in [0.1, 0.15) is 35.8 Å². The van der Waals surface area contributed by atoms with Crippen LogP contribution in [-0.4, -0.2) is 43.3 Å². The summed E-state index contributed by atoms with van der Waals surface area (Å²) in [6.07, 6.45) is 0.812. The fourth-order valence-electron chi connectivity index (χ4n) is 4.29. The number of amides is 2. The summed E-state index contributed by atoms with van der Waals surface area (Å²) < 4.78 is 41.6. The number of nitrogens with one attached hydrogen (secondary N) is 1. The molecule has 2 amide bonds. The van der Waals surface area contributed by atoms with Gasteiger partial charge in [-0.25, -0.2) is 17.5 Å². The van der Waals surface area contributed by atoms with Crippen molar-refractivity contribution in [3.05, 3.63) is 94.2 Å². The monoisotopic (exact) mass is 574 g/mol. The molecule has 1 saturated heterocycles. The second kappa shape index (κ2) is 10.9. The maximum atomic E-state index is 13.5. The predicted molar refractivity (Wildman–Crippen MR) is 135 cm³/mol. The largest absolute Gasteiger partial charge is 0.508 e. The Kier molecular flexibility index (Phi) is 7.87. The molecule has 36 heavy (non-hydrogen) atoms. The number of halogens is 2. The highest BCUT2D eigenvalue weighted by Gasteiger charge is 2.48. The molecule has 3 aromatic carbocycles.